The Bertz CT molecular complexity index is 703. The Morgan fingerprint density at radius 3 is 2.79 bits per heavy atom. The molecule has 0 spiro atoms. The summed E-state index contributed by atoms with van der Waals surface area (Å²) in [5.74, 6) is 0.738. The van der Waals surface area contributed by atoms with Gasteiger partial charge in [-0.15, -0.1) is 11.8 Å². The molecule has 0 aliphatic heterocycles. The topological polar surface area (TPSA) is 50.1 Å². The highest BCUT2D eigenvalue weighted by Crippen LogP contribution is 2.32. The maximum atomic E-state index is 5.43. The van der Waals surface area contributed by atoms with Crippen LogP contribution in [0.15, 0.2) is 34.0 Å². The fourth-order valence-electron chi connectivity index (χ4n) is 2.11. The lowest BCUT2D eigenvalue weighted by Gasteiger charge is -2.14. The quantitative estimate of drug-likeness (QED) is 0.578. The number of furan rings is 1. The number of H-pyrrole nitrogens is 1. The zero-order valence-electron chi connectivity index (χ0n) is 11.5. The van der Waals surface area contributed by atoms with E-state index in [-0.39, 0.29) is 5.41 Å². The molecule has 0 saturated carbocycles. The maximum absolute atomic E-state index is 5.43. The zero-order valence-corrected chi connectivity index (χ0v) is 12.3. The summed E-state index contributed by atoms with van der Waals surface area (Å²) in [6.45, 7) is 6.57. The van der Waals surface area contributed by atoms with E-state index in [4.69, 9.17) is 4.42 Å². The second-order valence-corrected chi connectivity index (χ2v) is 6.26. The number of aromatic amines is 1. The Morgan fingerprint density at radius 2 is 2.21 bits per heavy atom. The van der Waals surface area contributed by atoms with Crippen molar-refractivity contribution < 1.29 is 9.10 Å². The molecule has 100 valence electrons. The first-order valence-corrected chi connectivity index (χ1v) is 7.34. The summed E-state index contributed by atoms with van der Waals surface area (Å²) in [5, 5.41) is 3.43. The van der Waals surface area contributed by atoms with E-state index in [2.05, 4.69) is 37.1 Å². The van der Waals surface area contributed by atoms with Gasteiger partial charge in [-0.2, -0.15) is 0 Å². The molecule has 0 atom stereocenters. The lowest BCUT2D eigenvalue weighted by Crippen LogP contribution is -2.36. The first kappa shape index (κ1) is 12.3. The number of nitrogens with one attached hydrogen (secondary N) is 1. The van der Waals surface area contributed by atoms with Gasteiger partial charge in [-0.05, 0) is 12.3 Å². The number of rotatable bonds is 2. The fourth-order valence-corrected chi connectivity index (χ4v) is 2.98. The molecule has 0 saturated heterocycles. The van der Waals surface area contributed by atoms with Gasteiger partial charge in [0.15, 0.2) is 0 Å². The number of fused-ring (bicyclic) bond motifs is 1. The molecule has 3 aromatic heterocycles. The van der Waals surface area contributed by atoms with Gasteiger partial charge >= 0.3 is 0 Å². The maximum Gasteiger partial charge on any atom is 0.288 e. The summed E-state index contributed by atoms with van der Waals surface area (Å²) in [6, 6.07) is 3.77. The van der Waals surface area contributed by atoms with Crippen LogP contribution in [0, 0.1) is 0 Å². The normalized spacial score (nSPS) is 12.4. The summed E-state index contributed by atoms with van der Waals surface area (Å²) >= 11 is 1.71. The smallest absolute Gasteiger partial charge is 0.288 e. The molecule has 0 aliphatic carbocycles. The second kappa shape index (κ2) is 4.16. The van der Waals surface area contributed by atoms with Gasteiger partial charge in [-0.25, -0.2) is 5.10 Å². The largest absolute Gasteiger partial charge is 0.435 e. The molecule has 0 aromatic carbocycles. The summed E-state index contributed by atoms with van der Waals surface area (Å²) in [6.07, 6.45) is 5.49. The Hall–Kier alpha value is -1.69. The third-order valence-electron chi connectivity index (χ3n) is 3.04. The molecule has 0 unspecified atom stereocenters. The first-order valence-electron chi connectivity index (χ1n) is 6.12. The summed E-state index contributed by atoms with van der Waals surface area (Å²) in [5.41, 5.74) is 2.15. The van der Waals surface area contributed by atoms with E-state index in [0.29, 0.717) is 0 Å². The minimum atomic E-state index is 0.0417. The number of nitrogens with zero attached hydrogens (tertiary/aromatic N) is 3. The number of aromatic nitrogens is 4. The van der Waals surface area contributed by atoms with Crippen molar-refractivity contribution >= 4 is 17.4 Å². The van der Waals surface area contributed by atoms with Gasteiger partial charge in [0.2, 0.25) is 0 Å². The molecule has 0 bridgehead atoms. The minimum absolute atomic E-state index is 0.0417. The summed E-state index contributed by atoms with van der Waals surface area (Å²) < 4.78 is 9.22. The van der Waals surface area contributed by atoms with Crippen LogP contribution in [0.3, 0.4) is 0 Å². The lowest BCUT2D eigenvalue weighted by atomic mass is 9.92. The van der Waals surface area contributed by atoms with Crippen molar-refractivity contribution in [3.63, 3.8) is 0 Å². The Morgan fingerprint density at radius 1 is 1.42 bits per heavy atom. The molecule has 0 aliphatic rings. The molecule has 3 heterocycles. The molecular formula is C13H17N4OS+. The SMILES string of the molecule is CSc1c(C(C)(C)C)[nH]n2c1nc[n+]2-c1ccco1. The summed E-state index contributed by atoms with van der Waals surface area (Å²) in [4.78, 5) is 5.67. The van der Waals surface area contributed by atoms with Crippen molar-refractivity contribution in [2.75, 3.05) is 6.26 Å². The predicted molar refractivity (Wildman–Crippen MR) is 73.8 cm³/mol. The molecular weight excluding hydrogens is 260 g/mol. The van der Waals surface area contributed by atoms with E-state index in [0.717, 1.165) is 11.5 Å². The van der Waals surface area contributed by atoms with E-state index in [1.807, 2.05) is 21.4 Å². The van der Waals surface area contributed by atoms with Crippen molar-refractivity contribution in [3.8, 4) is 5.88 Å². The highest BCUT2D eigenvalue weighted by Gasteiger charge is 2.29. The first-order chi connectivity index (χ1) is 9.02. The summed E-state index contributed by atoms with van der Waals surface area (Å²) in [7, 11) is 0. The Balaban J connectivity index is 2.27. The third-order valence-corrected chi connectivity index (χ3v) is 3.83. The molecule has 0 radical (unpaired) electrons. The molecule has 0 amide bonds. The number of thioether (sulfide) groups is 1. The molecule has 3 aromatic rings. The monoisotopic (exact) mass is 277 g/mol. The van der Waals surface area contributed by atoms with Gasteiger partial charge < -0.3 is 4.42 Å². The van der Waals surface area contributed by atoms with Gasteiger partial charge in [0.05, 0.1) is 6.26 Å². The van der Waals surface area contributed by atoms with Crippen LogP contribution in [0.4, 0.5) is 0 Å². The Labute approximate surface area is 115 Å². The second-order valence-electron chi connectivity index (χ2n) is 5.45. The van der Waals surface area contributed by atoms with E-state index < -0.39 is 0 Å². The highest BCUT2D eigenvalue weighted by molar-refractivity contribution is 7.98. The Kier molecular flexibility index (Phi) is 2.70. The molecule has 19 heavy (non-hydrogen) atoms. The fraction of sp³-hybridized carbons (Fsp3) is 0.385. The van der Waals surface area contributed by atoms with Gasteiger partial charge in [-0.1, -0.05) is 35.1 Å². The molecule has 1 N–H and O–H groups in total. The zero-order chi connectivity index (χ0) is 13.6. The molecule has 3 rings (SSSR count). The minimum Gasteiger partial charge on any atom is -0.435 e. The van der Waals surface area contributed by atoms with Crippen LogP contribution in [0.2, 0.25) is 0 Å². The molecule has 6 heteroatoms. The van der Waals surface area contributed by atoms with Crippen molar-refractivity contribution in [2.24, 2.45) is 0 Å². The van der Waals surface area contributed by atoms with Crippen molar-refractivity contribution in [2.45, 2.75) is 31.1 Å². The van der Waals surface area contributed by atoms with Gasteiger partial charge in [-0.3, -0.25) is 0 Å². The van der Waals surface area contributed by atoms with E-state index >= 15 is 0 Å². The van der Waals surface area contributed by atoms with Crippen LogP contribution < -0.4 is 4.68 Å². The van der Waals surface area contributed by atoms with E-state index in [9.17, 15) is 0 Å². The predicted octanol–water partition coefficient (Wildman–Crippen LogP) is 2.55. The standard InChI is InChI=1S/C13H16N4OS/c1-13(2,3)11-10(19-4)12-14-8-16(17(12)15-11)9-6-5-7-18-9/h5-8H,1-4H3/p+1. The van der Waals surface area contributed by atoms with Crippen LogP contribution in [0.25, 0.3) is 11.5 Å². The molecule has 0 fully saturated rings. The van der Waals surface area contributed by atoms with Crippen LogP contribution in [0.1, 0.15) is 26.5 Å². The van der Waals surface area contributed by atoms with E-state index in [1.165, 1.54) is 10.6 Å². The molecule has 5 nitrogen and oxygen atoms in total. The lowest BCUT2D eigenvalue weighted by molar-refractivity contribution is -0.686. The van der Waals surface area contributed by atoms with Gasteiger partial charge in [0.1, 0.15) is 10.6 Å². The number of hydrogen-bond donors (Lipinski definition) is 1. The van der Waals surface area contributed by atoms with Crippen LogP contribution in [-0.2, 0) is 5.41 Å². The van der Waals surface area contributed by atoms with Crippen LogP contribution in [0.5, 0.6) is 0 Å². The van der Waals surface area contributed by atoms with Crippen LogP contribution in [-0.4, -0.2) is 21.0 Å². The van der Waals surface area contributed by atoms with E-state index in [1.54, 1.807) is 24.4 Å². The number of hydrogen-bond acceptors (Lipinski definition) is 3. The highest BCUT2D eigenvalue weighted by atomic mass is 32.2. The average Bonchev–Trinajstić information content (AvgIpc) is 3.02. The van der Waals surface area contributed by atoms with Gasteiger partial charge in [0.25, 0.3) is 17.9 Å². The van der Waals surface area contributed by atoms with Crippen molar-refractivity contribution in [1.82, 2.24) is 14.7 Å². The van der Waals surface area contributed by atoms with Crippen molar-refractivity contribution in [1.29, 1.82) is 0 Å². The van der Waals surface area contributed by atoms with Gasteiger partial charge in [0, 0.05) is 11.5 Å². The van der Waals surface area contributed by atoms with Crippen molar-refractivity contribution in [3.05, 3.63) is 30.4 Å². The van der Waals surface area contributed by atoms with Crippen LogP contribution >= 0.6 is 11.8 Å². The average molecular weight is 277 g/mol. The third kappa shape index (κ3) is 1.87.